The Bertz CT molecular complexity index is 593. The van der Waals surface area contributed by atoms with E-state index in [2.05, 4.69) is 11.9 Å². The van der Waals surface area contributed by atoms with Crippen LogP contribution in [0.1, 0.15) is 39.0 Å². The summed E-state index contributed by atoms with van der Waals surface area (Å²) < 4.78 is 11.9. The van der Waals surface area contributed by atoms with E-state index in [-0.39, 0.29) is 18.1 Å². The van der Waals surface area contributed by atoms with E-state index in [9.17, 15) is 4.79 Å². The molecule has 1 aromatic heterocycles. The van der Waals surface area contributed by atoms with Gasteiger partial charge in [-0.2, -0.15) is 0 Å². The third kappa shape index (κ3) is 4.63. The Balaban J connectivity index is 1.47. The van der Waals surface area contributed by atoms with Crippen LogP contribution in [-0.4, -0.2) is 61.3 Å². The molecule has 2 aliphatic rings. The SMILES string of the molecule is C[C@@H]1CC[C@H](CCC(=O)N2CC[C@@H](Oc3cccnc3N(C)C)C2)O1. The van der Waals surface area contributed by atoms with Gasteiger partial charge in [-0.25, -0.2) is 4.98 Å². The van der Waals surface area contributed by atoms with E-state index in [1.54, 1.807) is 6.20 Å². The van der Waals surface area contributed by atoms with Crippen molar-refractivity contribution < 1.29 is 14.3 Å². The maximum Gasteiger partial charge on any atom is 0.222 e. The van der Waals surface area contributed by atoms with E-state index < -0.39 is 0 Å². The lowest BCUT2D eigenvalue weighted by Gasteiger charge is -2.20. The Kier molecular flexibility index (Phi) is 5.78. The lowest BCUT2D eigenvalue weighted by Crippen LogP contribution is -2.31. The van der Waals surface area contributed by atoms with E-state index in [1.807, 2.05) is 36.0 Å². The van der Waals surface area contributed by atoms with Gasteiger partial charge in [0, 0.05) is 39.7 Å². The molecule has 138 valence electrons. The Morgan fingerprint density at radius 2 is 2.24 bits per heavy atom. The topological polar surface area (TPSA) is 54.9 Å². The van der Waals surface area contributed by atoms with Gasteiger partial charge in [-0.15, -0.1) is 0 Å². The minimum atomic E-state index is 0.0367. The molecule has 2 aliphatic heterocycles. The molecule has 0 unspecified atom stereocenters. The van der Waals surface area contributed by atoms with E-state index >= 15 is 0 Å². The monoisotopic (exact) mass is 347 g/mol. The van der Waals surface area contributed by atoms with Gasteiger partial charge in [0.1, 0.15) is 6.10 Å². The molecule has 0 spiro atoms. The number of ether oxygens (including phenoxy) is 2. The van der Waals surface area contributed by atoms with Crippen LogP contribution in [0, 0.1) is 0 Å². The Morgan fingerprint density at radius 3 is 2.96 bits per heavy atom. The highest BCUT2D eigenvalue weighted by Crippen LogP contribution is 2.27. The highest BCUT2D eigenvalue weighted by molar-refractivity contribution is 5.76. The molecule has 1 aromatic rings. The molecule has 0 bridgehead atoms. The largest absolute Gasteiger partial charge is 0.485 e. The highest BCUT2D eigenvalue weighted by Gasteiger charge is 2.29. The molecule has 0 aliphatic carbocycles. The van der Waals surface area contributed by atoms with E-state index in [0.29, 0.717) is 19.1 Å². The summed E-state index contributed by atoms with van der Waals surface area (Å²) in [5.41, 5.74) is 0. The number of anilines is 1. The molecule has 2 fully saturated rings. The van der Waals surface area contributed by atoms with Crippen LogP contribution in [0.4, 0.5) is 5.82 Å². The van der Waals surface area contributed by atoms with E-state index in [4.69, 9.17) is 9.47 Å². The maximum atomic E-state index is 12.5. The third-order valence-electron chi connectivity index (χ3n) is 4.97. The first-order valence-electron chi connectivity index (χ1n) is 9.25. The van der Waals surface area contributed by atoms with Crippen molar-refractivity contribution in [2.45, 2.75) is 57.3 Å². The van der Waals surface area contributed by atoms with Gasteiger partial charge in [-0.1, -0.05) is 0 Å². The minimum absolute atomic E-state index is 0.0367. The van der Waals surface area contributed by atoms with Gasteiger partial charge < -0.3 is 19.3 Å². The number of pyridine rings is 1. The minimum Gasteiger partial charge on any atom is -0.485 e. The van der Waals surface area contributed by atoms with Crippen molar-refractivity contribution in [1.29, 1.82) is 0 Å². The second-order valence-electron chi connectivity index (χ2n) is 7.27. The molecule has 6 heteroatoms. The fourth-order valence-electron chi connectivity index (χ4n) is 3.58. The van der Waals surface area contributed by atoms with E-state index in [1.165, 1.54) is 0 Å². The molecule has 6 nitrogen and oxygen atoms in total. The number of carbonyl (C=O) groups is 1. The average molecular weight is 347 g/mol. The molecule has 0 aromatic carbocycles. The molecule has 3 heterocycles. The zero-order valence-electron chi connectivity index (χ0n) is 15.5. The van der Waals surface area contributed by atoms with Crippen LogP contribution in [0.2, 0.25) is 0 Å². The highest BCUT2D eigenvalue weighted by atomic mass is 16.5. The predicted molar refractivity (Wildman–Crippen MR) is 97.0 cm³/mol. The van der Waals surface area contributed by atoms with Gasteiger partial charge in [-0.3, -0.25) is 4.79 Å². The smallest absolute Gasteiger partial charge is 0.222 e. The zero-order valence-corrected chi connectivity index (χ0v) is 15.5. The Labute approximate surface area is 150 Å². The zero-order chi connectivity index (χ0) is 17.8. The fourth-order valence-corrected chi connectivity index (χ4v) is 3.58. The molecule has 1 amide bonds. The lowest BCUT2D eigenvalue weighted by molar-refractivity contribution is -0.131. The number of rotatable bonds is 6. The normalized spacial score (nSPS) is 26.0. The van der Waals surface area contributed by atoms with Gasteiger partial charge >= 0.3 is 0 Å². The number of aromatic nitrogens is 1. The number of nitrogens with zero attached hydrogens (tertiary/aromatic N) is 3. The molecular weight excluding hydrogens is 318 g/mol. The second kappa shape index (κ2) is 8.04. The van der Waals surface area contributed by atoms with Gasteiger partial charge in [0.2, 0.25) is 5.91 Å². The molecule has 0 radical (unpaired) electrons. The van der Waals surface area contributed by atoms with Crippen molar-refractivity contribution in [2.24, 2.45) is 0 Å². The summed E-state index contributed by atoms with van der Waals surface area (Å²) >= 11 is 0. The third-order valence-corrected chi connectivity index (χ3v) is 4.97. The summed E-state index contributed by atoms with van der Waals surface area (Å²) in [5, 5.41) is 0. The van der Waals surface area contributed by atoms with Crippen molar-refractivity contribution >= 4 is 11.7 Å². The van der Waals surface area contributed by atoms with Crippen LogP contribution in [0.3, 0.4) is 0 Å². The summed E-state index contributed by atoms with van der Waals surface area (Å²) in [6.45, 7) is 3.52. The standard InChI is InChI=1S/C19H29N3O3/c1-14-6-7-15(24-14)8-9-18(23)22-12-10-16(13-22)25-17-5-4-11-20-19(17)21(2)3/h4-5,11,14-16H,6-10,12-13H2,1-3H3/t14-,15-,16-/m1/s1. The first kappa shape index (κ1) is 18.0. The fraction of sp³-hybridized carbons (Fsp3) is 0.684. The molecule has 3 atom stereocenters. The van der Waals surface area contributed by atoms with Crippen molar-refractivity contribution in [3.63, 3.8) is 0 Å². The maximum absolute atomic E-state index is 12.5. The Hall–Kier alpha value is -1.82. The van der Waals surface area contributed by atoms with Crippen LogP contribution in [0.5, 0.6) is 5.75 Å². The van der Waals surface area contributed by atoms with Crippen LogP contribution in [0.25, 0.3) is 0 Å². The number of carbonyl (C=O) groups excluding carboxylic acids is 1. The number of hydrogen-bond donors (Lipinski definition) is 0. The summed E-state index contributed by atoms with van der Waals surface area (Å²) in [7, 11) is 3.90. The van der Waals surface area contributed by atoms with E-state index in [0.717, 1.165) is 43.8 Å². The Morgan fingerprint density at radius 1 is 1.40 bits per heavy atom. The first-order valence-corrected chi connectivity index (χ1v) is 9.25. The average Bonchev–Trinajstić information content (AvgIpc) is 3.22. The molecule has 2 saturated heterocycles. The summed E-state index contributed by atoms with van der Waals surface area (Å²) in [5.74, 6) is 1.81. The van der Waals surface area contributed by atoms with Crippen molar-refractivity contribution in [1.82, 2.24) is 9.88 Å². The van der Waals surface area contributed by atoms with Crippen molar-refractivity contribution in [3.8, 4) is 5.75 Å². The van der Waals surface area contributed by atoms with Crippen LogP contribution >= 0.6 is 0 Å². The van der Waals surface area contributed by atoms with Gasteiger partial charge in [0.25, 0.3) is 0 Å². The summed E-state index contributed by atoms with van der Waals surface area (Å²) in [6.07, 6.45) is 6.85. The molecule has 3 rings (SSSR count). The quantitative estimate of drug-likeness (QED) is 0.791. The molecular formula is C19H29N3O3. The van der Waals surface area contributed by atoms with Gasteiger partial charge in [0.15, 0.2) is 11.6 Å². The summed E-state index contributed by atoms with van der Waals surface area (Å²) in [4.78, 5) is 20.7. The predicted octanol–water partition coefficient (Wildman–Crippen LogP) is 2.48. The second-order valence-corrected chi connectivity index (χ2v) is 7.27. The van der Waals surface area contributed by atoms with Gasteiger partial charge in [0.05, 0.1) is 18.8 Å². The summed E-state index contributed by atoms with van der Waals surface area (Å²) in [6, 6.07) is 3.81. The number of likely N-dealkylation sites (tertiary alicyclic amines) is 1. The van der Waals surface area contributed by atoms with Crippen LogP contribution < -0.4 is 9.64 Å². The van der Waals surface area contributed by atoms with Crippen LogP contribution in [0.15, 0.2) is 18.3 Å². The number of amides is 1. The van der Waals surface area contributed by atoms with Crippen LogP contribution in [-0.2, 0) is 9.53 Å². The lowest BCUT2D eigenvalue weighted by atomic mass is 10.1. The van der Waals surface area contributed by atoms with Gasteiger partial charge in [-0.05, 0) is 38.3 Å². The molecule has 0 saturated carbocycles. The van der Waals surface area contributed by atoms with Crippen molar-refractivity contribution in [3.05, 3.63) is 18.3 Å². The van der Waals surface area contributed by atoms with Crippen molar-refractivity contribution in [2.75, 3.05) is 32.1 Å². The number of hydrogen-bond acceptors (Lipinski definition) is 5. The molecule has 25 heavy (non-hydrogen) atoms. The molecule has 0 N–H and O–H groups in total. The first-order chi connectivity index (χ1) is 12.0.